The number of hydrogen-bond donors (Lipinski definition) is 2. The van der Waals surface area contributed by atoms with E-state index in [1.54, 1.807) is 16.9 Å². The molecule has 0 amide bonds. The van der Waals surface area contributed by atoms with Crippen LogP contribution in [0.4, 0.5) is 0 Å². The number of piperazine rings is 1. The van der Waals surface area contributed by atoms with Crippen molar-refractivity contribution in [1.82, 2.24) is 4.98 Å². The second-order valence-electron chi connectivity index (χ2n) is 6.17. The molecule has 4 nitrogen and oxygen atoms in total. The maximum Gasteiger partial charge on any atom is 0.127 e. The van der Waals surface area contributed by atoms with Gasteiger partial charge in [0.2, 0.25) is 0 Å². The van der Waals surface area contributed by atoms with Crippen LogP contribution < -0.4 is 14.5 Å². The molecule has 1 aromatic carbocycles. The van der Waals surface area contributed by atoms with Crippen molar-refractivity contribution in [3.8, 4) is 5.75 Å². The summed E-state index contributed by atoms with van der Waals surface area (Å²) >= 11 is 3.56. The molecule has 0 bridgehead atoms. The minimum atomic E-state index is 0.993. The Kier molecular flexibility index (Phi) is 5.65. The lowest BCUT2D eigenvalue weighted by molar-refractivity contribution is -1.02. The van der Waals surface area contributed by atoms with Gasteiger partial charge in [-0.05, 0) is 30.3 Å². The average Bonchev–Trinajstić information content (AvgIpc) is 2.58. The Bertz CT molecular complexity index is 627. The predicted molar refractivity (Wildman–Crippen MR) is 93.7 cm³/mol. The van der Waals surface area contributed by atoms with E-state index in [1.807, 2.05) is 24.5 Å². The quantitative estimate of drug-likeness (QED) is 0.786. The number of halogens is 1. The third kappa shape index (κ3) is 4.53. The van der Waals surface area contributed by atoms with Crippen molar-refractivity contribution >= 4 is 15.9 Å². The number of ether oxygens (including phenoxy) is 1. The van der Waals surface area contributed by atoms with E-state index in [2.05, 4.69) is 39.1 Å². The van der Waals surface area contributed by atoms with Crippen LogP contribution >= 0.6 is 15.9 Å². The predicted octanol–water partition coefficient (Wildman–Crippen LogP) is 0.336. The molecule has 122 valence electrons. The number of rotatable bonds is 5. The smallest absolute Gasteiger partial charge is 0.127 e. The fraction of sp³-hybridized carbons (Fsp3) is 0.389. The average molecular weight is 378 g/mol. The summed E-state index contributed by atoms with van der Waals surface area (Å²) in [5, 5.41) is 0. The highest BCUT2D eigenvalue weighted by Gasteiger charge is 2.24. The molecule has 0 radical (unpaired) electrons. The van der Waals surface area contributed by atoms with Gasteiger partial charge in [-0.1, -0.05) is 15.9 Å². The zero-order valence-corrected chi connectivity index (χ0v) is 15.1. The van der Waals surface area contributed by atoms with E-state index in [-0.39, 0.29) is 0 Å². The van der Waals surface area contributed by atoms with Gasteiger partial charge in [0, 0.05) is 28.0 Å². The van der Waals surface area contributed by atoms with Crippen molar-refractivity contribution in [1.29, 1.82) is 0 Å². The SMILES string of the molecule is COc1ccc(Br)cc1C[NH+]1CC[NH+](Cc2ccncc2)CC1. The van der Waals surface area contributed by atoms with Gasteiger partial charge in [-0.3, -0.25) is 4.98 Å². The second-order valence-corrected chi connectivity index (χ2v) is 7.08. The molecule has 0 unspecified atom stereocenters. The van der Waals surface area contributed by atoms with Crippen molar-refractivity contribution in [2.75, 3.05) is 33.3 Å². The molecule has 2 heterocycles. The van der Waals surface area contributed by atoms with E-state index in [9.17, 15) is 0 Å². The molecule has 1 aliphatic rings. The summed E-state index contributed by atoms with van der Waals surface area (Å²) in [6.45, 7) is 6.98. The number of aromatic nitrogens is 1. The summed E-state index contributed by atoms with van der Waals surface area (Å²) in [6, 6.07) is 10.5. The lowest BCUT2D eigenvalue weighted by atomic mass is 10.1. The number of hydrogen-bond acceptors (Lipinski definition) is 2. The van der Waals surface area contributed by atoms with E-state index in [4.69, 9.17) is 4.74 Å². The van der Waals surface area contributed by atoms with Gasteiger partial charge < -0.3 is 14.5 Å². The van der Waals surface area contributed by atoms with E-state index in [0.717, 1.165) is 23.3 Å². The molecule has 2 aromatic rings. The first-order chi connectivity index (χ1) is 11.2. The lowest BCUT2D eigenvalue weighted by Gasteiger charge is -2.30. The van der Waals surface area contributed by atoms with Crippen molar-refractivity contribution in [3.05, 3.63) is 58.3 Å². The standard InChI is InChI=1S/C18H22BrN3O/c1-23-18-3-2-17(19)12-16(18)14-22-10-8-21(9-11-22)13-15-4-6-20-7-5-15/h2-7,12H,8-11,13-14H2,1H3/p+2. The Morgan fingerprint density at radius 3 is 2.30 bits per heavy atom. The first-order valence-corrected chi connectivity index (χ1v) is 8.92. The van der Waals surface area contributed by atoms with Gasteiger partial charge in [0.25, 0.3) is 0 Å². The summed E-state index contributed by atoms with van der Waals surface area (Å²) in [5.41, 5.74) is 2.67. The molecule has 3 rings (SSSR count). The molecule has 2 N–H and O–H groups in total. The fourth-order valence-electron chi connectivity index (χ4n) is 3.25. The molecular formula is C18H24BrN3O+2. The van der Waals surface area contributed by atoms with Crippen molar-refractivity contribution in [3.63, 3.8) is 0 Å². The van der Waals surface area contributed by atoms with Crippen LogP contribution in [0.25, 0.3) is 0 Å². The number of methoxy groups -OCH3 is 1. The first-order valence-electron chi connectivity index (χ1n) is 8.13. The highest BCUT2D eigenvalue weighted by atomic mass is 79.9. The molecule has 0 saturated carbocycles. The Morgan fingerprint density at radius 1 is 1.00 bits per heavy atom. The molecular weight excluding hydrogens is 354 g/mol. The number of pyridine rings is 1. The maximum atomic E-state index is 5.50. The molecule has 5 heteroatoms. The summed E-state index contributed by atoms with van der Waals surface area (Å²) in [7, 11) is 1.75. The monoisotopic (exact) mass is 377 g/mol. The van der Waals surface area contributed by atoms with Crippen LogP contribution in [-0.4, -0.2) is 38.3 Å². The minimum Gasteiger partial charge on any atom is -0.496 e. The zero-order valence-electron chi connectivity index (χ0n) is 13.5. The van der Waals surface area contributed by atoms with Crippen LogP contribution in [0, 0.1) is 0 Å². The van der Waals surface area contributed by atoms with Crippen LogP contribution in [0.5, 0.6) is 5.75 Å². The van der Waals surface area contributed by atoms with Crippen LogP contribution in [0.3, 0.4) is 0 Å². The minimum absolute atomic E-state index is 0.993. The van der Waals surface area contributed by atoms with Gasteiger partial charge in [0.1, 0.15) is 45.0 Å². The van der Waals surface area contributed by atoms with E-state index in [0.29, 0.717) is 0 Å². The van der Waals surface area contributed by atoms with Gasteiger partial charge in [-0.2, -0.15) is 0 Å². The van der Waals surface area contributed by atoms with Crippen molar-refractivity contribution < 1.29 is 14.5 Å². The summed E-state index contributed by atoms with van der Waals surface area (Å²) < 4.78 is 6.62. The van der Waals surface area contributed by atoms with Crippen molar-refractivity contribution in [2.45, 2.75) is 13.1 Å². The maximum absolute atomic E-state index is 5.50. The van der Waals surface area contributed by atoms with Gasteiger partial charge in [-0.15, -0.1) is 0 Å². The Balaban J connectivity index is 1.54. The Hall–Kier alpha value is -1.43. The molecule has 1 aliphatic heterocycles. The third-order valence-corrected chi connectivity index (χ3v) is 5.04. The summed E-state index contributed by atoms with van der Waals surface area (Å²) in [6.07, 6.45) is 3.77. The van der Waals surface area contributed by atoms with E-state index < -0.39 is 0 Å². The highest BCUT2D eigenvalue weighted by Crippen LogP contribution is 2.22. The highest BCUT2D eigenvalue weighted by molar-refractivity contribution is 9.10. The normalized spacial score (nSPS) is 21.1. The Labute approximate surface area is 146 Å². The van der Waals surface area contributed by atoms with Crippen LogP contribution in [0.15, 0.2) is 47.2 Å². The first kappa shape index (κ1) is 16.4. The second kappa shape index (κ2) is 7.90. The summed E-state index contributed by atoms with van der Waals surface area (Å²) in [5.74, 6) is 0.993. The third-order valence-electron chi connectivity index (χ3n) is 4.55. The molecule has 0 aliphatic carbocycles. The van der Waals surface area contributed by atoms with Gasteiger partial charge in [0.15, 0.2) is 0 Å². The number of benzene rings is 1. The van der Waals surface area contributed by atoms with E-state index >= 15 is 0 Å². The largest absolute Gasteiger partial charge is 0.496 e. The van der Waals surface area contributed by atoms with Gasteiger partial charge in [0.05, 0.1) is 7.11 Å². The zero-order chi connectivity index (χ0) is 16.1. The summed E-state index contributed by atoms with van der Waals surface area (Å²) in [4.78, 5) is 7.40. The number of quaternary nitrogens is 2. The van der Waals surface area contributed by atoms with Crippen molar-refractivity contribution in [2.24, 2.45) is 0 Å². The molecule has 0 atom stereocenters. The van der Waals surface area contributed by atoms with Crippen LogP contribution in [0.1, 0.15) is 11.1 Å². The molecule has 1 aromatic heterocycles. The number of nitrogens with zero attached hydrogens (tertiary/aromatic N) is 1. The fourth-order valence-corrected chi connectivity index (χ4v) is 3.66. The lowest BCUT2D eigenvalue weighted by Crippen LogP contribution is -3.27. The Morgan fingerprint density at radius 2 is 1.65 bits per heavy atom. The topological polar surface area (TPSA) is 31.0 Å². The molecule has 0 spiro atoms. The molecule has 1 fully saturated rings. The molecule has 23 heavy (non-hydrogen) atoms. The van der Waals surface area contributed by atoms with Crippen LogP contribution in [-0.2, 0) is 13.1 Å². The number of nitrogens with one attached hydrogen (secondary N) is 2. The molecule has 1 saturated heterocycles. The van der Waals surface area contributed by atoms with Gasteiger partial charge in [-0.25, -0.2) is 0 Å². The van der Waals surface area contributed by atoms with Crippen LogP contribution in [0.2, 0.25) is 0 Å². The van der Waals surface area contributed by atoms with Gasteiger partial charge >= 0.3 is 0 Å². The van der Waals surface area contributed by atoms with E-state index in [1.165, 1.54) is 37.3 Å².